The van der Waals surface area contributed by atoms with Gasteiger partial charge in [-0.25, -0.2) is 0 Å². The van der Waals surface area contributed by atoms with E-state index in [1.807, 2.05) is 27.2 Å². The second-order valence-electron chi connectivity index (χ2n) is 28.8. The Morgan fingerprint density at radius 3 is 0.886 bits per heavy atom. The molecule has 0 bridgehead atoms. The van der Waals surface area contributed by atoms with Crippen LogP contribution in [-0.2, 0) is 18.4 Å². The van der Waals surface area contributed by atoms with Gasteiger partial charge in [-0.15, -0.1) is 0 Å². The van der Waals surface area contributed by atoms with E-state index in [9.17, 15) is 19.4 Å². The number of hydrogen-bond donors (Lipinski definition) is 2. The Morgan fingerprint density at radius 2 is 0.625 bits per heavy atom. The van der Waals surface area contributed by atoms with Gasteiger partial charge in [-0.1, -0.05) is 398 Å². The van der Waals surface area contributed by atoms with Crippen LogP contribution >= 0.6 is 7.82 Å². The topological polar surface area (TPSA) is 108 Å². The third-order valence-corrected chi connectivity index (χ3v) is 19.6. The van der Waals surface area contributed by atoms with Crippen LogP contribution in [0.4, 0.5) is 0 Å². The van der Waals surface area contributed by atoms with E-state index in [1.165, 1.54) is 366 Å². The minimum absolute atomic E-state index is 0.00250. The molecular formula is C79H157N2O6P. The number of likely N-dealkylation sites (N-methyl/N-ethyl adjacent to an activating group) is 1. The zero-order valence-corrected chi connectivity index (χ0v) is 61.1. The number of phosphoric acid groups is 1. The number of carbonyl (C=O) groups is 1. The smallest absolute Gasteiger partial charge is 0.268 e. The lowest BCUT2D eigenvalue weighted by molar-refractivity contribution is -0.870. The van der Waals surface area contributed by atoms with Crippen LogP contribution in [0.3, 0.4) is 0 Å². The van der Waals surface area contributed by atoms with Crippen molar-refractivity contribution in [1.29, 1.82) is 0 Å². The summed E-state index contributed by atoms with van der Waals surface area (Å²) in [4.78, 5) is 25.7. The van der Waals surface area contributed by atoms with Crippen LogP contribution in [-0.4, -0.2) is 68.5 Å². The monoisotopic (exact) mass is 1260 g/mol. The highest BCUT2D eigenvalue weighted by Gasteiger charge is 2.23. The lowest BCUT2D eigenvalue weighted by Gasteiger charge is -2.29. The molecule has 8 nitrogen and oxygen atoms in total. The number of nitrogens with zero attached hydrogens (tertiary/aromatic N) is 1. The Hall–Kier alpha value is -1.02. The van der Waals surface area contributed by atoms with Gasteiger partial charge in [0.2, 0.25) is 5.91 Å². The first-order valence-electron chi connectivity index (χ1n) is 39.7. The summed E-state index contributed by atoms with van der Waals surface area (Å²) in [6, 6.07) is -0.885. The lowest BCUT2D eigenvalue weighted by atomic mass is 10.0. The molecule has 0 aromatic heterocycles. The Labute approximate surface area is 551 Å². The summed E-state index contributed by atoms with van der Waals surface area (Å²) in [7, 11) is 1.29. The predicted molar refractivity (Wildman–Crippen MR) is 385 cm³/mol. The molecule has 0 saturated heterocycles. The Morgan fingerprint density at radius 1 is 0.386 bits per heavy atom. The van der Waals surface area contributed by atoms with Crippen LogP contribution in [0, 0.1) is 0 Å². The highest BCUT2D eigenvalue weighted by atomic mass is 31.2. The third-order valence-electron chi connectivity index (χ3n) is 18.7. The summed E-state index contributed by atoms with van der Waals surface area (Å²) >= 11 is 0. The highest BCUT2D eigenvalue weighted by molar-refractivity contribution is 7.45. The standard InChI is InChI=1S/C79H157N2O6P/c1-6-8-10-12-14-16-18-20-22-24-26-28-30-32-33-34-35-36-37-38-39-40-41-42-43-44-45-46-47-49-51-53-55-57-59-61-63-65-67-69-71-73-79(83)80-77(76-87-88(84,85)86-75-74-81(3,4)5)78(82)72-70-68-66-64-62-60-58-56-54-52-50-48-31-29-27-25-23-21-19-17-15-13-11-9-7-2/h24,26,70,72,77-78,82H,6-23,25,27-69,71,73-76H2,1-5H3,(H-,80,83,84,85)/b26-24-,72-70+. The molecule has 88 heavy (non-hydrogen) atoms. The molecule has 524 valence electrons. The van der Waals surface area contributed by atoms with Crippen LogP contribution in [0.25, 0.3) is 0 Å². The number of rotatable bonds is 75. The highest BCUT2D eigenvalue weighted by Crippen LogP contribution is 2.38. The molecule has 0 spiro atoms. The van der Waals surface area contributed by atoms with Gasteiger partial charge in [-0.3, -0.25) is 9.36 Å². The quantitative estimate of drug-likeness (QED) is 0.0272. The van der Waals surface area contributed by atoms with Gasteiger partial charge < -0.3 is 28.8 Å². The predicted octanol–water partition coefficient (Wildman–Crippen LogP) is 25.2. The molecule has 0 fully saturated rings. The van der Waals surface area contributed by atoms with Gasteiger partial charge in [-0.2, -0.15) is 0 Å². The van der Waals surface area contributed by atoms with E-state index in [2.05, 4.69) is 31.3 Å². The van der Waals surface area contributed by atoms with Crippen molar-refractivity contribution < 1.29 is 32.9 Å². The molecule has 0 heterocycles. The molecule has 0 rings (SSSR count). The molecule has 3 atom stereocenters. The minimum Gasteiger partial charge on any atom is -0.756 e. The van der Waals surface area contributed by atoms with Crippen molar-refractivity contribution in [3.05, 3.63) is 24.3 Å². The molecule has 0 aliphatic rings. The summed E-state index contributed by atoms with van der Waals surface area (Å²) in [6.45, 7) is 4.72. The lowest BCUT2D eigenvalue weighted by Crippen LogP contribution is -2.45. The van der Waals surface area contributed by atoms with Gasteiger partial charge in [0.15, 0.2) is 0 Å². The molecule has 0 aliphatic carbocycles. The Bertz CT molecular complexity index is 1480. The van der Waals surface area contributed by atoms with Gasteiger partial charge in [-0.05, 0) is 44.9 Å². The van der Waals surface area contributed by atoms with Crippen molar-refractivity contribution in [2.24, 2.45) is 0 Å². The van der Waals surface area contributed by atoms with E-state index in [-0.39, 0.29) is 19.1 Å². The van der Waals surface area contributed by atoms with Crippen molar-refractivity contribution in [1.82, 2.24) is 5.32 Å². The third kappa shape index (κ3) is 72.4. The first-order valence-corrected chi connectivity index (χ1v) is 41.2. The fraction of sp³-hybridized carbons (Fsp3) is 0.937. The molecule has 0 aromatic carbocycles. The van der Waals surface area contributed by atoms with Gasteiger partial charge in [0, 0.05) is 6.42 Å². The molecule has 0 aliphatic heterocycles. The van der Waals surface area contributed by atoms with Crippen molar-refractivity contribution in [2.75, 3.05) is 40.9 Å². The zero-order valence-electron chi connectivity index (χ0n) is 60.2. The summed E-state index contributed by atoms with van der Waals surface area (Å²) < 4.78 is 23.5. The number of amides is 1. The summed E-state index contributed by atoms with van der Waals surface area (Å²) in [5, 5.41) is 14.0. The largest absolute Gasteiger partial charge is 0.756 e. The van der Waals surface area contributed by atoms with E-state index < -0.39 is 20.0 Å². The first kappa shape index (κ1) is 87.0. The SMILES string of the molecule is CCCCCCCCCC/C=C\CCCCCCCCCCCCCCCCCCCCCCCCCCCCCCCC(=O)NC(COP(=O)([O-])OCC[N+](C)(C)C)C(O)/C=C/CCCCCCCCCCCCCCCCCCCCCCCCC. The van der Waals surface area contributed by atoms with E-state index in [0.717, 1.165) is 38.5 Å². The number of nitrogens with one attached hydrogen (secondary N) is 1. The maximum atomic E-state index is 13.1. The Kier molecular flexibility index (Phi) is 69.5. The molecule has 9 heteroatoms. The molecule has 3 unspecified atom stereocenters. The first-order chi connectivity index (χ1) is 43.0. The molecule has 0 aromatic rings. The van der Waals surface area contributed by atoms with E-state index in [4.69, 9.17) is 9.05 Å². The van der Waals surface area contributed by atoms with Crippen molar-refractivity contribution >= 4 is 13.7 Å². The van der Waals surface area contributed by atoms with Crippen LogP contribution in [0.5, 0.6) is 0 Å². The minimum atomic E-state index is -4.60. The van der Waals surface area contributed by atoms with Crippen LogP contribution in [0.1, 0.15) is 425 Å². The maximum Gasteiger partial charge on any atom is 0.268 e. The van der Waals surface area contributed by atoms with Crippen LogP contribution < -0.4 is 10.2 Å². The molecular weight excluding hydrogens is 1100 g/mol. The zero-order chi connectivity index (χ0) is 64.1. The van der Waals surface area contributed by atoms with E-state index in [0.29, 0.717) is 17.4 Å². The van der Waals surface area contributed by atoms with Gasteiger partial charge in [0.05, 0.1) is 39.9 Å². The second-order valence-corrected chi connectivity index (χ2v) is 30.2. The van der Waals surface area contributed by atoms with Crippen molar-refractivity contribution in [3.8, 4) is 0 Å². The average Bonchev–Trinajstić information content (AvgIpc) is 3.71. The Balaban J connectivity index is 3.89. The van der Waals surface area contributed by atoms with Crippen LogP contribution in [0.2, 0.25) is 0 Å². The second kappa shape index (κ2) is 70.3. The molecule has 0 saturated carbocycles. The van der Waals surface area contributed by atoms with Gasteiger partial charge in [0.25, 0.3) is 7.82 Å². The fourth-order valence-corrected chi connectivity index (χ4v) is 13.2. The maximum absolute atomic E-state index is 13.1. The number of hydrogen-bond acceptors (Lipinski definition) is 6. The average molecular weight is 1260 g/mol. The number of aliphatic hydroxyl groups is 1. The number of phosphoric ester groups is 1. The number of quaternary nitrogens is 1. The number of unbranched alkanes of at least 4 members (excludes halogenated alkanes) is 60. The van der Waals surface area contributed by atoms with Gasteiger partial charge in [0.1, 0.15) is 13.2 Å². The molecule has 2 N–H and O–H groups in total. The number of aliphatic hydroxyl groups excluding tert-OH is 1. The van der Waals surface area contributed by atoms with Crippen molar-refractivity contribution in [3.63, 3.8) is 0 Å². The van der Waals surface area contributed by atoms with Crippen LogP contribution in [0.15, 0.2) is 24.3 Å². The summed E-state index contributed by atoms with van der Waals surface area (Å²) in [6.07, 6.45) is 93.5. The van der Waals surface area contributed by atoms with Gasteiger partial charge >= 0.3 is 0 Å². The number of allylic oxidation sites excluding steroid dienone is 3. The molecule has 0 radical (unpaired) electrons. The fourth-order valence-electron chi connectivity index (χ4n) is 12.5. The van der Waals surface area contributed by atoms with E-state index >= 15 is 0 Å². The number of carbonyl (C=O) groups excluding carboxylic acids is 1. The normalized spacial score (nSPS) is 13.6. The molecule has 1 amide bonds. The van der Waals surface area contributed by atoms with E-state index in [1.54, 1.807) is 6.08 Å². The summed E-state index contributed by atoms with van der Waals surface area (Å²) in [5.41, 5.74) is 0. The summed E-state index contributed by atoms with van der Waals surface area (Å²) in [5.74, 6) is -0.187. The van der Waals surface area contributed by atoms with Crippen molar-refractivity contribution in [2.45, 2.75) is 437 Å².